The van der Waals surface area contributed by atoms with Crippen molar-refractivity contribution < 1.29 is 14.6 Å². The van der Waals surface area contributed by atoms with E-state index in [1.54, 1.807) is 12.1 Å². The second kappa shape index (κ2) is 6.96. The zero-order valence-corrected chi connectivity index (χ0v) is 12.3. The standard InChI is InChI=1S/C15H14BrNO3/c16-13-7-6-11(10-14(13)18)15(19)17-8-9-20-12-4-2-1-3-5-12/h1-7,10,18H,8-9H2,(H,17,19). The Bertz CT molecular complexity index is 587. The fourth-order valence-electron chi connectivity index (χ4n) is 1.61. The zero-order chi connectivity index (χ0) is 14.4. The molecule has 2 aromatic rings. The second-order valence-corrected chi connectivity index (χ2v) is 4.94. The number of hydrogen-bond donors (Lipinski definition) is 2. The highest BCUT2D eigenvalue weighted by atomic mass is 79.9. The molecular formula is C15H14BrNO3. The third-order valence-corrected chi connectivity index (χ3v) is 3.28. The summed E-state index contributed by atoms with van der Waals surface area (Å²) in [6.45, 7) is 0.781. The van der Waals surface area contributed by atoms with Crippen molar-refractivity contribution in [3.05, 3.63) is 58.6 Å². The number of rotatable bonds is 5. The number of para-hydroxylation sites is 1. The quantitative estimate of drug-likeness (QED) is 0.826. The Hall–Kier alpha value is -2.01. The lowest BCUT2D eigenvalue weighted by Gasteiger charge is -2.08. The third-order valence-electron chi connectivity index (χ3n) is 2.61. The van der Waals surface area contributed by atoms with E-state index >= 15 is 0 Å². The summed E-state index contributed by atoms with van der Waals surface area (Å²) < 4.78 is 6.02. The van der Waals surface area contributed by atoms with Crippen molar-refractivity contribution in [2.75, 3.05) is 13.2 Å². The predicted octanol–water partition coefficient (Wildman–Crippen LogP) is 2.96. The molecule has 0 saturated heterocycles. The minimum absolute atomic E-state index is 0.0400. The Kier molecular flexibility index (Phi) is 5.01. The molecule has 5 heteroatoms. The van der Waals surface area contributed by atoms with Crippen LogP contribution in [0.25, 0.3) is 0 Å². The molecule has 104 valence electrons. The van der Waals surface area contributed by atoms with Gasteiger partial charge in [-0.2, -0.15) is 0 Å². The van der Waals surface area contributed by atoms with Gasteiger partial charge >= 0.3 is 0 Å². The van der Waals surface area contributed by atoms with Gasteiger partial charge < -0.3 is 15.2 Å². The summed E-state index contributed by atoms with van der Waals surface area (Å²) in [5, 5.41) is 12.2. The van der Waals surface area contributed by atoms with Gasteiger partial charge in [-0.05, 0) is 46.3 Å². The number of halogens is 1. The predicted molar refractivity (Wildman–Crippen MR) is 80.1 cm³/mol. The summed E-state index contributed by atoms with van der Waals surface area (Å²) in [5.41, 5.74) is 0.408. The molecule has 0 aliphatic carbocycles. The van der Waals surface area contributed by atoms with E-state index in [2.05, 4.69) is 21.2 Å². The minimum Gasteiger partial charge on any atom is -0.507 e. The van der Waals surface area contributed by atoms with Gasteiger partial charge in [-0.1, -0.05) is 18.2 Å². The van der Waals surface area contributed by atoms with E-state index in [4.69, 9.17) is 4.74 Å². The van der Waals surface area contributed by atoms with E-state index in [-0.39, 0.29) is 11.7 Å². The fourth-order valence-corrected chi connectivity index (χ4v) is 1.85. The Morgan fingerprint density at radius 1 is 1.20 bits per heavy atom. The molecule has 0 fully saturated rings. The number of carbonyl (C=O) groups is 1. The van der Waals surface area contributed by atoms with E-state index in [9.17, 15) is 9.90 Å². The van der Waals surface area contributed by atoms with Gasteiger partial charge in [0.15, 0.2) is 0 Å². The highest BCUT2D eigenvalue weighted by Crippen LogP contribution is 2.24. The van der Waals surface area contributed by atoms with Gasteiger partial charge in [0.25, 0.3) is 5.91 Å². The van der Waals surface area contributed by atoms with Crippen LogP contribution in [0.3, 0.4) is 0 Å². The van der Waals surface area contributed by atoms with Crippen molar-refractivity contribution in [3.63, 3.8) is 0 Å². The van der Waals surface area contributed by atoms with Crippen molar-refractivity contribution in [1.82, 2.24) is 5.32 Å². The number of ether oxygens (including phenoxy) is 1. The van der Waals surface area contributed by atoms with Gasteiger partial charge in [0.1, 0.15) is 18.1 Å². The Morgan fingerprint density at radius 3 is 2.65 bits per heavy atom. The monoisotopic (exact) mass is 335 g/mol. The summed E-state index contributed by atoms with van der Waals surface area (Å²) in [5.74, 6) is 0.561. The molecule has 2 N–H and O–H groups in total. The lowest BCUT2D eigenvalue weighted by molar-refractivity contribution is 0.0946. The van der Waals surface area contributed by atoms with E-state index in [0.29, 0.717) is 23.2 Å². The summed E-state index contributed by atoms with van der Waals surface area (Å²) in [4.78, 5) is 11.8. The van der Waals surface area contributed by atoms with Crippen LogP contribution in [-0.2, 0) is 0 Å². The Morgan fingerprint density at radius 2 is 1.95 bits per heavy atom. The number of aromatic hydroxyl groups is 1. The fraction of sp³-hybridized carbons (Fsp3) is 0.133. The molecule has 0 bridgehead atoms. The maximum absolute atomic E-state index is 11.8. The summed E-state index contributed by atoms with van der Waals surface area (Å²) in [6.07, 6.45) is 0. The van der Waals surface area contributed by atoms with Crippen LogP contribution >= 0.6 is 15.9 Å². The molecule has 2 aromatic carbocycles. The number of benzene rings is 2. The largest absolute Gasteiger partial charge is 0.507 e. The van der Waals surface area contributed by atoms with Crippen LogP contribution in [0.4, 0.5) is 0 Å². The van der Waals surface area contributed by atoms with Crippen LogP contribution in [0.5, 0.6) is 11.5 Å². The van der Waals surface area contributed by atoms with Crippen molar-refractivity contribution in [1.29, 1.82) is 0 Å². The zero-order valence-electron chi connectivity index (χ0n) is 10.7. The summed E-state index contributed by atoms with van der Waals surface area (Å²) >= 11 is 3.17. The van der Waals surface area contributed by atoms with Crippen LogP contribution < -0.4 is 10.1 Å². The number of nitrogens with one attached hydrogen (secondary N) is 1. The molecule has 0 atom stereocenters. The molecule has 20 heavy (non-hydrogen) atoms. The number of hydrogen-bond acceptors (Lipinski definition) is 3. The SMILES string of the molecule is O=C(NCCOc1ccccc1)c1ccc(Br)c(O)c1. The van der Waals surface area contributed by atoms with Crippen LogP contribution in [0.1, 0.15) is 10.4 Å². The molecular weight excluding hydrogens is 322 g/mol. The second-order valence-electron chi connectivity index (χ2n) is 4.08. The van der Waals surface area contributed by atoms with E-state index < -0.39 is 0 Å². The molecule has 0 aromatic heterocycles. The smallest absolute Gasteiger partial charge is 0.251 e. The van der Waals surface area contributed by atoms with Crippen molar-refractivity contribution >= 4 is 21.8 Å². The summed E-state index contributed by atoms with van der Waals surface area (Å²) in [6, 6.07) is 14.1. The van der Waals surface area contributed by atoms with Gasteiger partial charge in [0.05, 0.1) is 11.0 Å². The topological polar surface area (TPSA) is 58.6 Å². The molecule has 4 nitrogen and oxygen atoms in total. The van der Waals surface area contributed by atoms with Crippen LogP contribution in [0.15, 0.2) is 53.0 Å². The normalized spacial score (nSPS) is 10.1. The lowest BCUT2D eigenvalue weighted by Crippen LogP contribution is -2.28. The average Bonchev–Trinajstić information content (AvgIpc) is 2.47. The maximum Gasteiger partial charge on any atom is 0.251 e. The average molecular weight is 336 g/mol. The van der Waals surface area contributed by atoms with Gasteiger partial charge in [0, 0.05) is 5.56 Å². The number of phenolic OH excluding ortho intramolecular Hbond substituents is 1. The molecule has 0 saturated carbocycles. The van der Waals surface area contributed by atoms with Crippen molar-refractivity contribution in [2.45, 2.75) is 0 Å². The molecule has 2 rings (SSSR count). The first-order valence-electron chi connectivity index (χ1n) is 6.11. The van der Waals surface area contributed by atoms with E-state index in [1.165, 1.54) is 6.07 Å². The van der Waals surface area contributed by atoms with Gasteiger partial charge in [0.2, 0.25) is 0 Å². The van der Waals surface area contributed by atoms with Crippen LogP contribution in [0, 0.1) is 0 Å². The van der Waals surface area contributed by atoms with Crippen molar-refractivity contribution in [2.24, 2.45) is 0 Å². The molecule has 0 aliphatic heterocycles. The maximum atomic E-state index is 11.8. The summed E-state index contributed by atoms with van der Waals surface area (Å²) in [7, 11) is 0. The highest BCUT2D eigenvalue weighted by Gasteiger charge is 2.07. The molecule has 0 radical (unpaired) electrons. The lowest BCUT2D eigenvalue weighted by atomic mass is 10.2. The van der Waals surface area contributed by atoms with Gasteiger partial charge in [-0.3, -0.25) is 4.79 Å². The minimum atomic E-state index is -0.246. The van der Waals surface area contributed by atoms with Crippen LogP contribution in [-0.4, -0.2) is 24.2 Å². The number of amides is 1. The highest BCUT2D eigenvalue weighted by molar-refractivity contribution is 9.10. The third kappa shape index (κ3) is 3.99. The van der Waals surface area contributed by atoms with Crippen LogP contribution in [0.2, 0.25) is 0 Å². The number of phenols is 1. The van der Waals surface area contributed by atoms with Gasteiger partial charge in [-0.25, -0.2) is 0 Å². The Labute approximate surface area is 125 Å². The molecule has 1 amide bonds. The molecule has 0 aliphatic rings. The number of carbonyl (C=O) groups excluding carboxylic acids is 1. The van der Waals surface area contributed by atoms with E-state index in [1.807, 2.05) is 30.3 Å². The van der Waals surface area contributed by atoms with Gasteiger partial charge in [-0.15, -0.1) is 0 Å². The molecule has 0 spiro atoms. The van der Waals surface area contributed by atoms with E-state index in [0.717, 1.165) is 5.75 Å². The Balaban J connectivity index is 1.79. The first-order chi connectivity index (χ1) is 9.66. The molecule has 0 unspecified atom stereocenters. The first-order valence-corrected chi connectivity index (χ1v) is 6.90. The van der Waals surface area contributed by atoms with Crippen molar-refractivity contribution in [3.8, 4) is 11.5 Å². The first kappa shape index (κ1) is 14.4. The molecule has 0 heterocycles.